The molecule has 1 radical (unpaired) electrons. The van der Waals surface area contributed by atoms with Crippen molar-refractivity contribution in [2.45, 2.75) is 6.04 Å². The molecule has 3 aromatic rings. The van der Waals surface area contributed by atoms with Crippen molar-refractivity contribution in [1.82, 2.24) is 19.9 Å². The number of thiol groups is 1. The number of aliphatic carboxylic acids is 1. The zero-order chi connectivity index (χ0) is 21.8. The van der Waals surface area contributed by atoms with Gasteiger partial charge in [-0.25, -0.2) is 9.97 Å². The monoisotopic (exact) mass is 628 g/mol. The van der Waals surface area contributed by atoms with Gasteiger partial charge < -0.3 is 20.8 Å². The molecule has 9 heteroatoms. The van der Waals surface area contributed by atoms with Gasteiger partial charge in [0.05, 0.1) is 22.8 Å². The molecule has 2 aliphatic rings. The number of nitrogens with zero attached hydrogens (tertiary/aromatic N) is 2. The van der Waals surface area contributed by atoms with E-state index in [9.17, 15) is 4.79 Å². The SMILES string of the molecule is C1=Cc2cc3ccc(cc4ccc(cc5nc(cc1n2)C=C5)[nH]4)[nH]3.NC(CS)C(=O)O.[Au]. The number of carboxylic acid groups (broad SMARTS) is 1. The zero-order valence-electron chi connectivity index (χ0n) is 16.8. The summed E-state index contributed by atoms with van der Waals surface area (Å²) in [5, 5.41) is 8.01. The predicted octanol–water partition coefficient (Wildman–Crippen LogP) is 3.98. The molecule has 8 bridgehead atoms. The summed E-state index contributed by atoms with van der Waals surface area (Å²) in [5.74, 6) is -0.815. The Morgan fingerprint density at radius 3 is 1.53 bits per heavy atom. The van der Waals surface area contributed by atoms with E-state index in [4.69, 9.17) is 10.8 Å². The van der Waals surface area contributed by atoms with Crippen LogP contribution in [0.4, 0.5) is 0 Å². The van der Waals surface area contributed by atoms with E-state index in [1.807, 2.05) is 42.5 Å². The number of H-pyrrole nitrogens is 2. The number of carbonyl (C=O) groups is 1. The second-order valence-corrected chi connectivity index (χ2v) is 7.40. The van der Waals surface area contributed by atoms with E-state index >= 15 is 0 Å². The molecule has 0 spiro atoms. The fourth-order valence-electron chi connectivity index (χ4n) is 3.02. The van der Waals surface area contributed by atoms with Crippen molar-refractivity contribution in [3.8, 4) is 0 Å². The molecular formula is C23H21AuN5O2S. The third kappa shape index (κ3) is 6.09. The van der Waals surface area contributed by atoms with Crippen LogP contribution in [0.1, 0.15) is 22.8 Å². The van der Waals surface area contributed by atoms with Crippen LogP contribution in [0.3, 0.4) is 0 Å². The molecule has 0 saturated heterocycles. The number of fused-ring (bicyclic) bond motifs is 8. The molecule has 0 fully saturated rings. The standard InChI is InChI=1S/C20H14N4.C3H7NO2S.Au/c1-2-14-10-16-5-6-18(23-16)12-20-8-7-19(24-20)11-17-4-3-15(22-17)9-13(1)21-14;4-2(1-7)3(5)6;/h1-12,21-22H;2,7H,1,4H2,(H,5,6);. The number of aromatic amines is 2. The molecule has 5 rings (SSSR count). The predicted molar refractivity (Wildman–Crippen MR) is 128 cm³/mol. The summed E-state index contributed by atoms with van der Waals surface area (Å²) in [6.07, 6.45) is 8.05. The van der Waals surface area contributed by atoms with Gasteiger partial charge in [0, 0.05) is 50.2 Å². The summed E-state index contributed by atoms with van der Waals surface area (Å²) in [4.78, 5) is 25.8. The first-order chi connectivity index (χ1) is 15.0. The largest absolute Gasteiger partial charge is 0.480 e. The van der Waals surface area contributed by atoms with Crippen LogP contribution in [-0.4, -0.2) is 42.8 Å². The number of hydrogen-bond donors (Lipinski definition) is 5. The first kappa shape index (κ1) is 23.8. The van der Waals surface area contributed by atoms with E-state index in [0.717, 1.165) is 44.8 Å². The van der Waals surface area contributed by atoms with Gasteiger partial charge in [-0.3, -0.25) is 4.79 Å². The third-order valence-electron chi connectivity index (χ3n) is 4.56. The van der Waals surface area contributed by atoms with Crippen molar-refractivity contribution < 1.29 is 32.3 Å². The maximum atomic E-state index is 9.76. The van der Waals surface area contributed by atoms with E-state index in [1.54, 1.807) is 0 Å². The molecule has 2 aliphatic heterocycles. The third-order valence-corrected chi connectivity index (χ3v) is 4.95. The Hall–Kier alpha value is -2.88. The molecule has 0 aromatic carbocycles. The molecule has 7 nitrogen and oxygen atoms in total. The maximum Gasteiger partial charge on any atom is 0.321 e. The number of nitrogens with one attached hydrogen (secondary N) is 2. The Labute approximate surface area is 205 Å². The van der Waals surface area contributed by atoms with Crippen LogP contribution >= 0.6 is 12.6 Å². The Morgan fingerprint density at radius 1 is 0.812 bits per heavy atom. The van der Waals surface area contributed by atoms with Gasteiger partial charge in [0.25, 0.3) is 0 Å². The number of hydrogen-bond acceptors (Lipinski definition) is 5. The summed E-state index contributed by atoms with van der Waals surface area (Å²) in [6, 6.07) is 15.6. The topological polar surface area (TPSA) is 121 Å². The van der Waals surface area contributed by atoms with Gasteiger partial charge in [0.1, 0.15) is 6.04 Å². The average Bonchev–Trinajstić information content (AvgIpc) is 3.53. The average molecular weight is 628 g/mol. The number of aromatic nitrogens is 4. The van der Waals surface area contributed by atoms with E-state index < -0.39 is 12.0 Å². The van der Waals surface area contributed by atoms with Crippen molar-refractivity contribution in [2.24, 2.45) is 5.73 Å². The smallest absolute Gasteiger partial charge is 0.321 e. The molecule has 5 N–H and O–H groups in total. The van der Waals surface area contributed by atoms with Crippen molar-refractivity contribution >= 4 is 65.0 Å². The molecule has 0 amide bonds. The molecule has 0 aliphatic carbocycles. The quantitative estimate of drug-likeness (QED) is 0.150. The van der Waals surface area contributed by atoms with Crippen molar-refractivity contribution in [1.29, 1.82) is 0 Å². The summed E-state index contributed by atoms with van der Waals surface area (Å²) in [5.41, 5.74) is 12.8. The molecule has 3 aromatic heterocycles. The normalized spacial score (nSPS) is 12.4. The van der Waals surface area contributed by atoms with Gasteiger partial charge in [-0.1, -0.05) is 0 Å². The fraction of sp³-hybridized carbons (Fsp3) is 0.0870. The van der Waals surface area contributed by atoms with E-state index in [0.29, 0.717) is 0 Å². The number of rotatable bonds is 2. The maximum absolute atomic E-state index is 9.76. The second kappa shape index (κ2) is 10.6. The fourth-order valence-corrected chi connectivity index (χ4v) is 3.18. The van der Waals surface area contributed by atoms with Gasteiger partial charge in [0.2, 0.25) is 0 Å². The number of carboxylic acids is 1. The molecule has 32 heavy (non-hydrogen) atoms. The molecule has 167 valence electrons. The minimum absolute atomic E-state index is 0. The van der Waals surface area contributed by atoms with Crippen molar-refractivity contribution in [3.05, 3.63) is 71.3 Å². The van der Waals surface area contributed by atoms with Crippen LogP contribution in [0.5, 0.6) is 0 Å². The Bertz CT molecular complexity index is 1250. The van der Waals surface area contributed by atoms with E-state index in [1.165, 1.54) is 0 Å². The van der Waals surface area contributed by atoms with Crippen LogP contribution in [-0.2, 0) is 27.2 Å². The van der Waals surface area contributed by atoms with Crippen LogP contribution in [0.15, 0.2) is 48.5 Å². The van der Waals surface area contributed by atoms with Gasteiger partial charge in [-0.15, -0.1) is 0 Å². The molecule has 1 atom stereocenters. The van der Waals surface area contributed by atoms with Crippen LogP contribution in [0.25, 0.3) is 46.4 Å². The van der Waals surface area contributed by atoms with Gasteiger partial charge in [0.15, 0.2) is 0 Å². The van der Waals surface area contributed by atoms with Crippen molar-refractivity contribution in [2.75, 3.05) is 5.75 Å². The molecule has 5 heterocycles. The van der Waals surface area contributed by atoms with Crippen LogP contribution in [0, 0.1) is 0 Å². The van der Waals surface area contributed by atoms with E-state index in [-0.39, 0.29) is 28.1 Å². The second-order valence-electron chi connectivity index (χ2n) is 7.03. The minimum Gasteiger partial charge on any atom is -0.480 e. The Balaban J connectivity index is 0.000000318. The van der Waals surface area contributed by atoms with Gasteiger partial charge in [-0.05, 0) is 72.8 Å². The molecule has 1 unspecified atom stereocenters. The zero-order valence-corrected chi connectivity index (χ0v) is 19.8. The summed E-state index contributed by atoms with van der Waals surface area (Å²) >= 11 is 3.65. The first-order valence-electron chi connectivity index (χ1n) is 9.62. The van der Waals surface area contributed by atoms with Crippen LogP contribution < -0.4 is 5.73 Å². The summed E-state index contributed by atoms with van der Waals surface area (Å²) in [7, 11) is 0. The van der Waals surface area contributed by atoms with Gasteiger partial charge in [-0.2, -0.15) is 12.6 Å². The Morgan fingerprint density at radius 2 is 1.19 bits per heavy atom. The molecule has 0 saturated carbocycles. The first-order valence-corrected chi connectivity index (χ1v) is 10.3. The molecular weight excluding hydrogens is 607 g/mol. The van der Waals surface area contributed by atoms with Crippen LogP contribution in [0.2, 0.25) is 0 Å². The van der Waals surface area contributed by atoms with E-state index in [2.05, 4.69) is 62.9 Å². The Kier molecular flexibility index (Phi) is 7.89. The summed E-state index contributed by atoms with van der Waals surface area (Å²) in [6.45, 7) is 0. The van der Waals surface area contributed by atoms with Gasteiger partial charge >= 0.3 is 5.97 Å². The summed E-state index contributed by atoms with van der Waals surface area (Å²) < 4.78 is 0. The van der Waals surface area contributed by atoms with Crippen molar-refractivity contribution in [3.63, 3.8) is 0 Å². The minimum atomic E-state index is -1.00. The number of nitrogens with two attached hydrogens (primary N) is 1.